The maximum Gasteiger partial charge on any atom is 0.416 e. The number of halogens is 3. The summed E-state index contributed by atoms with van der Waals surface area (Å²) in [6.07, 6.45) is 1.33. The molecule has 3 heterocycles. The highest BCUT2D eigenvalue weighted by atomic mass is 19.4. The summed E-state index contributed by atoms with van der Waals surface area (Å²) >= 11 is 0. The Morgan fingerprint density at radius 2 is 1.95 bits per heavy atom. The van der Waals surface area contributed by atoms with Crippen molar-refractivity contribution in [3.05, 3.63) is 59.9 Å². The van der Waals surface area contributed by atoms with Crippen molar-refractivity contribution in [3.8, 4) is 0 Å². The van der Waals surface area contributed by atoms with E-state index in [1.165, 1.54) is 17.1 Å². The quantitative estimate of drug-likeness (QED) is 0.475. The molecule has 9 heteroatoms. The van der Waals surface area contributed by atoms with Crippen molar-refractivity contribution in [2.45, 2.75) is 51.9 Å². The second kappa shape index (κ2) is 10.0. The van der Waals surface area contributed by atoms with Crippen LogP contribution in [-0.4, -0.2) is 53.0 Å². The monoisotopic (exact) mass is 513 g/mol. The average Bonchev–Trinajstić information content (AvgIpc) is 3.54. The lowest BCUT2D eigenvalue weighted by Gasteiger charge is -2.42. The van der Waals surface area contributed by atoms with Crippen molar-refractivity contribution < 1.29 is 18.0 Å². The van der Waals surface area contributed by atoms with Gasteiger partial charge in [0.15, 0.2) is 0 Å². The van der Waals surface area contributed by atoms with Gasteiger partial charge in [-0.2, -0.15) is 13.2 Å². The number of hydrogen-bond acceptors (Lipinski definition) is 4. The zero-order valence-electron chi connectivity index (χ0n) is 21.3. The molecular weight excluding hydrogens is 479 g/mol. The van der Waals surface area contributed by atoms with Crippen molar-refractivity contribution in [1.82, 2.24) is 20.2 Å². The highest BCUT2D eigenvalue weighted by Gasteiger charge is 2.49. The van der Waals surface area contributed by atoms with Crippen LogP contribution in [0.3, 0.4) is 0 Å². The molecule has 2 fully saturated rings. The Balaban J connectivity index is 1.20. The number of nitrogens with zero attached hydrogens (tertiary/aromatic N) is 3. The van der Waals surface area contributed by atoms with E-state index in [-0.39, 0.29) is 17.9 Å². The fraction of sp³-hybridized carbons (Fsp3) is 0.500. The number of alkyl halides is 3. The van der Waals surface area contributed by atoms with Crippen LogP contribution in [0.25, 0.3) is 10.9 Å². The standard InChI is InChI=1S/C28H34F3N5O/c1-19(2)27(8-5-23(17-27)34-18-20-3-4-24-21(15-20)6-9-32-24)26(37)36-13-11-35(12-14-36)25-16-22(7-10-33-25)28(29,30)31/h3-4,6-7,9-10,15-16,19,23,32,34H,5,8,11-14,17-18H2,1-2H3/t23-,27+/m1/s1. The Morgan fingerprint density at radius 3 is 2.68 bits per heavy atom. The normalized spacial score (nSPS) is 22.8. The van der Waals surface area contributed by atoms with Gasteiger partial charge in [0.25, 0.3) is 0 Å². The molecule has 0 radical (unpaired) electrons. The Kier molecular flexibility index (Phi) is 6.91. The van der Waals surface area contributed by atoms with Gasteiger partial charge >= 0.3 is 6.18 Å². The van der Waals surface area contributed by atoms with Gasteiger partial charge in [0.2, 0.25) is 5.91 Å². The molecule has 3 aromatic rings. The van der Waals surface area contributed by atoms with Crippen LogP contribution in [-0.2, 0) is 17.5 Å². The van der Waals surface area contributed by atoms with Crippen molar-refractivity contribution in [3.63, 3.8) is 0 Å². The van der Waals surface area contributed by atoms with Crippen LogP contribution >= 0.6 is 0 Å². The molecule has 5 rings (SSSR count). The summed E-state index contributed by atoms with van der Waals surface area (Å²) in [5, 5.41) is 4.87. The zero-order chi connectivity index (χ0) is 26.2. The SMILES string of the molecule is CC(C)[C@]1(C(=O)N2CCN(c3cc(C(F)(F)F)ccn3)CC2)CC[C@@H](NCc2ccc3[nH]ccc3c2)C1. The zero-order valence-corrected chi connectivity index (χ0v) is 21.3. The molecule has 0 unspecified atom stereocenters. The first-order valence-electron chi connectivity index (χ1n) is 13.0. The summed E-state index contributed by atoms with van der Waals surface area (Å²) in [5.41, 5.74) is 1.23. The molecule has 1 aliphatic heterocycles. The van der Waals surface area contributed by atoms with Crippen LogP contribution < -0.4 is 10.2 Å². The van der Waals surface area contributed by atoms with Gasteiger partial charge in [0, 0.05) is 56.7 Å². The van der Waals surface area contributed by atoms with E-state index < -0.39 is 17.2 Å². The van der Waals surface area contributed by atoms with Crippen LogP contribution in [0.4, 0.5) is 19.0 Å². The van der Waals surface area contributed by atoms with E-state index in [0.29, 0.717) is 32.0 Å². The topological polar surface area (TPSA) is 64.3 Å². The first-order valence-corrected chi connectivity index (χ1v) is 13.0. The smallest absolute Gasteiger partial charge is 0.361 e. The minimum atomic E-state index is -4.40. The largest absolute Gasteiger partial charge is 0.416 e. The van der Waals surface area contributed by atoms with Gasteiger partial charge < -0.3 is 20.1 Å². The molecule has 198 valence electrons. The number of carbonyl (C=O) groups excluding carboxylic acids is 1. The lowest BCUT2D eigenvalue weighted by molar-refractivity contribution is -0.145. The third kappa shape index (κ3) is 5.19. The van der Waals surface area contributed by atoms with Gasteiger partial charge in [-0.15, -0.1) is 0 Å². The third-order valence-electron chi connectivity index (χ3n) is 8.26. The van der Waals surface area contributed by atoms with Gasteiger partial charge in [-0.1, -0.05) is 19.9 Å². The van der Waals surface area contributed by atoms with E-state index in [0.717, 1.165) is 43.5 Å². The van der Waals surface area contributed by atoms with Gasteiger partial charge in [0.1, 0.15) is 5.82 Å². The maximum absolute atomic E-state index is 13.8. The van der Waals surface area contributed by atoms with Crippen LogP contribution in [0, 0.1) is 11.3 Å². The molecule has 2 aromatic heterocycles. The highest BCUT2D eigenvalue weighted by Crippen LogP contribution is 2.46. The predicted octanol–water partition coefficient (Wildman–Crippen LogP) is 5.22. The van der Waals surface area contributed by atoms with Crippen molar-refractivity contribution in [2.24, 2.45) is 11.3 Å². The number of piperazine rings is 1. The van der Waals surface area contributed by atoms with Crippen LogP contribution in [0.15, 0.2) is 48.8 Å². The van der Waals surface area contributed by atoms with E-state index in [1.54, 1.807) is 0 Å². The molecule has 37 heavy (non-hydrogen) atoms. The molecule has 2 N–H and O–H groups in total. The highest BCUT2D eigenvalue weighted by molar-refractivity contribution is 5.84. The molecule has 0 bridgehead atoms. The van der Waals surface area contributed by atoms with Crippen LogP contribution in [0.5, 0.6) is 0 Å². The Bertz CT molecular complexity index is 1250. The minimum Gasteiger partial charge on any atom is -0.361 e. The first-order chi connectivity index (χ1) is 17.7. The predicted molar refractivity (Wildman–Crippen MR) is 138 cm³/mol. The lowest BCUT2D eigenvalue weighted by Crippen LogP contribution is -2.54. The van der Waals surface area contributed by atoms with E-state index >= 15 is 0 Å². The summed E-state index contributed by atoms with van der Waals surface area (Å²) in [5.74, 6) is 0.687. The number of fused-ring (bicyclic) bond motifs is 1. The van der Waals surface area contributed by atoms with Gasteiger partial charge in [-0.25, -0.2) is 4.98 Å². The molecular formula is C28H34F3N5O. The Hall–Kier alpha value is -3.07. The maximum atomic E-state index is 13.8. The van der Waals surface area contributed by atoms with Crippen LogP contribution in [0.2, 0.25) is 0 Å². The fourth-order valence-electron chi connectivity index (χ4n) is 5.91. The molecule has 1 aromatic carbocycles. The van der Waals surface area contributed by atoms with E-state index in [9.17, 15) is 18.0 Å². The van der Waals surface area contributed by atoms with Crippen molar-refractivity contribution in [1.29, 1.82) is 0 Å². The van der Waals surface area contributed by atoms with E-state index in [1.807, 2.05) is 16.0 Å². The number of aromatic amines is 1. The fourth-order valence-corrected chi connectivity index (χ4v) is 5.91. The van der Waals surface area contributed by atoms with E-state index in [2.05, 4.69) is 53.4 Å². The number of pyridine rings is 1. The molecule has 1 saturated heterocycles. The van der Waals surface area contributed by atoms with Gasteiger partial charge in [0.05, 0.1) is 11.0 Å². The summed E-state index contributed by atoms with van der Waals surface area (Å²) in [4.78, 5) is 24.9. The van der Waals surface area contributed by atoms with E-state index in [4.69, 9.17) is 0 Å². The molecule has 1 saturated carbocycles. The van der Waals surface area contributed by atoms with Crippen molar-refractivity contribution in [2.75, 3.05) is 31.1 Å². The van der Waals surface area contributed by atoms with Crippen LogP contribution in [0.1, 0.15) is 44.2 Å². The van der Waals surface area contributed by atoms with Gasteiger partial charge in [-0.3, -0.25) is 4.79 Å². The molecule has 2 aliphatic rings. The minimum absolute atomic E-state index is 0.178. The third-order valence-corrected chi connectivity index (χ3v) is 8.26. The molecule has 1 amide bonds. The first kappa shape index (κ1) is 25.6. The second-order valence-electron chi connectivity index (χ2n) is 10.7. The number of H-pyrrole nitrogens is 1. The lowest BCUT2D eigenvalue weighted by atomic mass is 9.74. The summed E-state index contributed by atoms with van der Waals surface area (Å²) in [7, 11) is 0. The number of benzene rings is 1. The molecule has 6 nitrogen and oxygen atoms in total. The summed E-state index contributed by atoms with van der Waals surface area (Å²) < 4.78 is 39.4. The number of hydrogen-bond donors (Lipinski definition) is 2. The molecule has 2 atom stereocenters. The molecule has 0 spiro atoms. The number of anilines is 1. The number of rotatable bonds is 6. The number of carbonyl (C=O) groups is 1. The van der Waals surface area contributed by atoms with Gasteiger partial charge in [-0.05, 0) is 66.5 Å². The number of aromatic nitrogens is 2. The number of nitrogens with one attached hydrogen (secondary N) is 2. The van der Waals surface area contributed by atoms with Crippen molar-refractivity contribution >= 4 is 22.6 Å². The summed E-state index contributed by atoms with van der Waals surface area (Å²) in [6.45, 7) is 6.93. The Labute approximate surface area is 215 Å². The summed E-state index contributed by atoms with van der Waals surface area (Å²) in [6, 6.07) is 10.8. The Morgan fingerprint density at radius 1 is 1.16 bits per heavy atom. The second-order valence-corrected chi connectivity index (χ2v) is 10.7. The molecule has 1 aliphatic carbocycles. The number of amides is 1. The average molecular weight is 514 g/mol.